The van der Waals surface area contributed by atoms with Crippen LogP contribution in [0.25, 0.3) is 0 Å². The molecule has 0 saturated heterocycles. The van der Waals surface area contributed by atoms with Crippen LogP contribution in [0.2, 0.25) is 0 Å². The van der Waals surface area contributed by atoms with Crippen molar-refractivity contribution < 1.29 is 14.7 Å². The number of anilines is 1. The fourth-order valence-electron chi connectivity index (χ4n) is 1.34. The number of carbonyl (C=O) groups excluding carboxylic acids is 2. The summed E-state index contributed by atoms with van der Waals surface area (Å²) in [5.41, 5.74) is 0.0922. The summed E-state index contributed by atoms with van der Waals surface area (Å²) in [5, 5.41) is 15.8. The van der Waals surface area contributed by atoms with E-state index >= 15 is 0 Å². The molecule has 0 unspecified atom stereocenters. The van der Waals surface area contributed by atoms with Crippen LogP contribution in [0, 0.1) is 0 Å². The fourth-order valence-corrected chi connectivity index (χ4v) is 2.73. The number of nitrogens with one attached hydrogen (secondary N) is 1. The third-order valence-corrected chi connectivity index (χ3v) is 3.91. The van der Waals surface area contributed by atoms with Gasteiger partial charge in [0.15, 0.2) is 5.13 Å². The van der Waals surface area contributed by atoms with Crippen LogP contribution in [0.5, 0.6) is 0 Å². The minimum absolute atomic E-state index is 0.0922. The summed E-state index contributed by atoms with van der Waals surface area (Å²) < 4.78 is 0. The summed E-state index contributed by atoms with van der Waals surface area (Å²) in [6.07, 6.45) is 1.60. The maximum absolute atomic E-state index is 11.6. The third-order valence-electron chi connectivity index (χ3n) is 2.14. The van der Waals surface area contributed by atoms with E-state index in [1.165, 1.54) is 17.4 Å². The molecule has 1 aromatic carbocycles. The zero-order chi connectivity index (χ0) is 13.7. The number of aromatic nitrogens is 1. The second-order valence-electron chi connectivity index (χ2n) is 3.46. The van der Waals surface area contributed by atoms with E-state index in [9.17, 15) is 14.7 Å². The second-order valence-corrected chi connectivity index (χ2v) is 5.37. The molecule has 0 fully saturated rings. The molecule has 0 bridgehead atoms. The van der Waals surface area contributed by atoms with Gasteiger partial charge in [-0.25, -0.2) is 4.98 Å². The Bertz CT molecular complexity index is 584. The average Bonchev–Trinajstić information content (AvgIpc) is 2.89. The Morgan fingerprint density at radius 2 is 2.16 bits per heavy atom. The Balaban J connectivity index is 1.95. The Morgan fingerprint density at radius 1 is 1.37 bits per heavy atom. The SMILES string of the molecule is O=C(CSc1ccccc1C(=O)[O-])Nc1nccs1. The molecule has 1 heterocycles. The van der Waals surface area contributed by atoms with Crippen molar-refractivity contribution in [1.82, 2.24) is 4.98 Å². The highest BCUT2D eigenvalue weighted by atomic mass is 32.2. The maximum Gasteiger partial charge on any atom is 0.236 e. The van der Waals surface area contributed by atoms with Gasteiger partial charge in [-0.1, -0.05) is 18.2 Å². The van der Waals surface area contributed by atoms with Crippen molar-refractivity contribution in [2.75, 3.05) is 11.1 Å². The molecular weight excluding hydrogens is 284 g/mol. The van der Waals surface area contributed by atoms with Gasteiger partial charge in [0.05, 0.1) is 11.7 Å². The molecule has 0 radical (unpaired) electrons. The predicted molar refractivity (Wildman–Crippen MR) is 72.2 cm³/mol. The molecule has 1 aromatic heterocycles. The highest BCUT2D eigenvalue weighted by molar-refractivity contribution is 8.00. The maximum atomic E-state index is 11.6. The van der Waals surface area contributed by atoms with Crippen molar-refractivity contribution in [1.29, 1.82) is 0 Å². The topological polar surface area (TPSA) is 82.1 Å². The normalized spacial score (nSPS) is 10.1. The van der Waals surface area contributed by atoms with Gasteiger partial charge in [-0.3, -0.25) is 4.79 Å². The van der Waals surface area contributed by atoms with Gasteiger partial charge < -0.3 is 15.2 Å². The van der Waals surface area contributed by atoms with Crippen LogP contribution in [-0.2, 0) is 4.79 Å². The van der Waals surface area contributed by atoms with E-state index in [1.54, 1.807) is 29.8 Å². The number of nitrogens with zero attached hydrogens (tertiary/aromatic N) is 1. The smallest absolute Gasteiger partial charge is 0.236 e. The fraction of sp³-hybridized carbons (Fsp3) is 0.0833. The number of carbonyl (C=O) groups is 2. The molecule has 19 heavy (non-hydrogen) atoms. The highest BCUT2D eigenvalue weighted by Crippen LogP contribution is 2.22. The first-order valence-corrected chi connectivity index (χ1v) is 7.16. The van der Waals surface area contributed by atoms with Gasteiger partial charge in [0, 0.05) is 22.0 Å². The monoisotopic (exact) mass is 293 g/mol. The van der Waals surface area contributed by atoms with Gasteiger partial charge in [0.1, 0.15) is 0 Å². The van der Waals surface area contributed by atoms with Gasteiger partial charge in [-0.15, -0.1) is 23.1 Å². The molecule has 98 valence electrons. The van der Waals surface area contributed by atoms with Crippen LogP contribution in [0.3, 0.4) is 0 Å². The largest absolute Gasteiger partial charge is 0.545 e. The molecule has 5 nitrogen and oxygen atoms in total. The Morgan fingerprint density at radius 3 is 2.84 bits per heavy atom. The molecule has 2 aromatic rings. The lowest BCUT2D eigenvalue weighted by molar-refractivity contribution is -0.255. The third kappa shape index (κ3) is 3.80. The molecule has 0 aliphatic heterocycles. The lowest BCUT2D eigenvalue weighted by atomic mass is 10.2. The van der Waals surface area contributed by atoms with E-state index < -0.39 is 5.97 Å². The first-order chi connectivity index (χ1) is 9.16. The Kier molecular flexibility index (Phi) is 4.53. The van der Waals surface area contributed by atoms with Gasteiger partial charge in [-0.2, -0.15) is 0 Å². The number of carboxylic acid groups (broad SMARTS) is 1. The van der Waals surface area contributed by atoms with Gasteiger partial charge in [0.2, 0.25) is 5.91 Å². The van der Waals surface area contributed by atoms with Crippen molar-refractivity contribution in [2.45, 2.75) is 4.90 Å². The number of thioether (sulfide) groups is 1. The molecule has 0 aliphatic carbocycles. The summed E-state index contributed by atoms with van der Waals surface area (Å²) in [5.74, 6) is -1.36. The van der Waals surface area contributed by atoms with E-state index in [-0.39, 0.29) is 17.2 Å². The van der Waals surface area contributed by atoms with Crippen molar-refractivity contribution in [3.05, 3.63) is 41.4 Å². The Hall–Kier alpha value is -1.86. The van der Waals surface area contributed by atoms with Crippen molar-refractivity contribution in [3.8, 4) is 0 Å². The summed E-state index contributed by atoms with van der Waals surface area (Å²) in [4.78, 5) is 27.0. The standard InChI is InChI=1S/C12H10N2O3S2/c15-10(14-12-13-5-6-18-12)7-19-9-4-2-1-3-8(9)11(16)17/h1-6H,7H2,(H,16,17)(H,13,14,15)/p-1. The van der Waals surface area contributed by atoms with Crippen molar-refractivity contribution in [2.24, 2.45) is 0 Å². The highest BCUT2D eigenvalue weighted by Gasteiger charge is 2.08. The molecule has 1 amide bonds. The summed E-state index contributed by atoms with van der Waals surface area (Å²) in [6, 6.07) is 6.43. The van der Waals surface area contributed by atoms with Crippen LogP contribution in [0.1, 0.15) is 10.4 Å². The summed E-state index contributed by atoms with van der Waals surface area (Å²) >= 11 is 2.47. The van der Waals surface area contributed by atoms with Crippen LogP contribution in [0.4, 0.5) is 5.13 Å². The molecule has 7 heteroatoms. The van der Waals surface area contributed by atoms with Gasteiger partial charge in [-0.05, 0) is 6.07 Å². The van der Waals surface area contributed by atoms with E-state index in [2.05, 4.69) is 10.3 Å². The Labute approximate surface area is 117 Å². The molecule has 1 N–H and O–H groups in total. The number of thiazole rings is 1. The minimum atomic E-state index is -1.25. The number of hydrogen-bond acceptors (Lipinski definition) is 6. The number of amides is 1. The molecule has 0 aliphatic rings. The van der Waals surface area contributed by atoms with Gasteiger partial charge >= 0.3 is 0 Å². The van der Waals surface area contributed by atoms with Crippen molar-refractivity contribution in [3.63, 3.8) is 0 Å². The first kappa shape index (κ1) is 13.6. The quantitative estimate of drug-likeness (QED) is 0.839. The zero-order valence-electron chi connectivity index (χ0n) is 9.66. The van der Waals surface area contributed by atoms with Crippen molar-refractivity contribution >= 4 is 40.1 Å². The predicted octanol–water partition coefficient (Wildman–Crippen LogP) is 1.24. The number of hydrogen-bond donors (Lipinski definition) is 1. The lowest BCUT2D eigenvalue weighted by Crippen LogP contribution is -2.23. The molecule has 0 saturated carbocycles. The molecule has 2 rings (SSSR count). The second kappa shape index (κ2) is 6.35. The molecule has 0 spiro atoms. The van der Waals surface area contributed by atoms with Crippen LogP contribution in [0.15, 0.2) is 40.7 Å². The van der Waals surface area contributed by atoms with E-state index in [4.69, 9.17) is 0 Å². The van der Waals surface area contributed by atoms with E-state index in [0.717, 1.165) is 11.8 Å². The average molecular weight is 293 g/mol. The number of aromatic carboxylic acids is 1. The number of carboxylic acids is 1. The van der Waals surface area contributed by atoms with Crippen LogP contribution in [-0.4, -0.2) is 22.6 Å². The van der Waals surface area contributed by atoms with E-state index in [0.29, 0.717) is 10.0 Å². The molecule has 0 atom stereocenters. The van der Waals surface area contributed by atoms with Crippen LogP contribution < -0.4 is 10.4 Å². The number of rotatable bonds is 5. The van der Waals surface area contributed by atoms with Gasteiger partial charge in [0.25, 0.3) is 0 Å². The summed E-state index contributed by atoms with van der Waals surface area (Å²) in [7, 11) is 0. The molecular formula is C12H9N2O3S2-. The minimum Gasteiger partial charge on any atom is -0.545 e. The zero-order valence-corrected chi connectivity index (χ0v) is 11.3. The van der Waals surface area contributed by atoms with Crippen LogP contribution >= 0.6 is 23.1 Å². The lowest BCUT2D eigenvalue weighted by Gasteiger charge is -2.09. The van der Waals surface area contributed by atoms with E-state index in [1.807, 2.05) is 0 Å². The number of benzene rings is 1. The first-order valence-electron chi connectivity index (χ1n) is 5.29. The summed E-state index contributed by atoms with van der Waals surface area (Å²) in [6.45, 7) is 0.